The molecule has 0 N–H and O–H groups in total. The van der Waals surface area contributed by atoms with E-state index >= 15 is 0 Å². The summed E-state index contributed by atoms with van der Waals surface area (Å²) in [6, 6.07) is 8.02. The van der Waals surface area contributed by atoms with Gasteiger partial charge in [-0.05, 0) is 12.1 Å². The zero-order valence-electron chi connectivity index (χ0n) is 9.54. The average molecular weight is 253 g/mol. The number of hydrogen-bond donors (Lipinski definition) is 0. The highest BCUT2D eigenvalue weighted by Gasteiger charge is 2.26. The molecule has 0 aromatic heterocycles. The molecule has 0 unspecified atom stereocenters. The van der Waals surface area contributed by atoms with Gasteiger partial charge in [-0.3, -0.25) is 9.36 Å². The lowest BCUT2D eigenvalue weighted by Gasteiger charge is -2.12. The Hall–Kier alpha value is -1.47. The van der Waals surface area contributed by atoms with Gasteiger partial charge in [0.2, 0.25) is 0 Å². The van der Waals surface area contributed by atoms with Gasteiger partial charge >= 0.3 is 7.60 Å². The van der Waals surface area contributed by atoms with E-state index in [1.54, 1.807) is 0 Å². The fraction of sp³-hybridized carbons (Fsp3) is 0.273. The molecule has 0 aliphatic rings. The van der Waals surface area contributed by atoms with Gasteiger partial charge in [0.25, 0.3) is 0 Å². The highest BCUT2D eigenvalue weighted by Crippen LogP contribution is 2.46. The van der Waals surface area contributed by atoms with E-state index in [9.17, 15) is 9.36 Å². The lowest BCUT2D eigenvalue weighted by molar-refractivity contribution is 0.101. The van der Waals surface area contributed by atoms with Gasteiger partial charge < -0.3 is 9.05 Å². The third-order valence-electron chi connectivity index (χ3n) is 2.23. The minimum absolute atomic E-state index is 0.314. The number of nitrogens with zero attached hydrogens (tertiary/aromatic N) is 1. The molecule has 0 saturated heterocycles. The van der Waals surface area contributed by atoms with Gasteiger partial charge in [-0.25, -0.2) is 0 Å². The summed E-state index contributed by atoms with van der Waals surface area (Å²) < 4.78 is 21.1. The van der Waals surface area contributed by atoms with E-state index in [4.69, 9.17) is 5.26 Å². The normalized spacial score (nSPS) is 10.9. The van der Waals surface area contributed by atoms with Crippen molar-refractivity contribution in [1.82, 2.24) is 0 Å². The molecule has 0 fully saturated rings. The van der Waals surface area contributed by atoms with Crippen LogP contribution in [0.2, 0.25) is 0 Å². The van der Waals surface area contributed by atoms with Gasteiger partial charge in [-0.15, -0.1) is 0 Å². The minimum Gasteiger partial charge on any atom is -0.312 e. The SMILES string of the molecule is COP(=O)(CC(=O)c1ccc(C#N)cc1)OC. The second kappa shape index (κ2) is 5.74. The van der Waals surface area contributed by atoms with E-state index in [1.165, 1.54) is 38.5 Å². The van der Waals surface area contributed by atoms with Crippen LogP contribution in [0.1, 0.15) is 15.9 Å². The predicted octanol–water partition coefficient (Wildman–Crippen LogP) is 2.23. The molecule has 0 amide bonds. The fourth-order valence-electron chi connectivity index (χ4n) is 1.20. The van der Waals surface area contributed by atoms with E-state index in [-0.39, 0.29) is 11.9 Å². The van der Waals surface area contributed by atoms with Crippen LogP contribution in [0.25, 0.3) is 0 Å². The highest BCUT2D eigenvalue weighted by molar-refractivity contribution is 7.54. The molecule has 1 aromatic rings. The molecule has 0 aliphatic heterocycles. The van der Waals surface area contributed by atoms with Crippen molar-refractivity contribution in [3.05, 3.63) is 35.4 Å². The van der Waals surface area contributed by atoms with E-state index < -0.39 is 7.60 Å². The van der Waals surface area contributed by atoms with E-state index in [0.29, 0.717) is 11.1 Å². The molecular weight excluding hydrogens is 241 g/mol. The number of rotatable bonds is 5. The van der Waals surface area contributed by atoms with Gasteiger partial charge in [0, 0.05) is 19.8 Å². The molecule has 0 saturated carbocycles. The summed E-state index contributed by atoms with van der Waals surface area (Å²) >= 11 is 0. The van der Waals surface area contributed by atoms with Crippen molar-refractivity contribution in [3.8, 4) is 6.07 Å². The summed E-state index contributed by atoms with van der Waals surface area (Å²) in [5.41, 5.74) is 0.835. The summed E-state index contributed by atoms with van der Waals surface area (Å²) in [4.78, 5) is 11.8. The largest absolute Gasteiger partial charge is 0.337 e. The molecule has 0 spiro atoms. The predicted molar refractivity (Wildman–Crippen MR) is 62.0 cm³/mol. The molecule has 0 radical (unpaired) electrons. The van der Waals surface area contributed by atoms with E-state index in [2.05, 4.69) is 9.05 Å². The highest BCUT2D eigenvalue weighted by atomic mass is 31.2. The quantitative estimate of drug-likeness (QED) is 0.594. The number of hydrogen-bond acceptors (Lipinski definition) is 5. The molecule has 1 aromatic carbocycles. The lowest BCUT2D eigenvalue weighted by Crippen LogP contribution is -2.08. The monoisotopic (exact) mass is 253 g/mol. The summed E-state index contributed by atoms with van der Waals surface area (Å²) in [5, 5.41) is 8.61. The number of carbonyl (C=O) groups is 1. The van der Waals surface area contributed by atoms with Crippen LogP contribution in [0.15, 0.2) is 24.3 Å². The van der Waals surface area contributed by atoms with E-state index in [0.717, 1.165) is 0 Å². The van der Waals surface area contributed by atoms with E-state index in [1.807, 2.05) is 6.07 Å². The van der Waals surface area contributed by atoms with Gasteiger partial charge in [0.15, 0.2) is 5.78 Å². The zero-order valence-corrected chi connectivity index (χ0v) is 10.4. The number of Topliss-reactive ketones (excluding diaryl/α,β-unsaturated/α-hetero) is 1. The first-order valence-electron chi connectivity index (χ1n) is 4.78. The molecule has 90 valence electrons. The standard InChI is InChI=1S/C11H12NO4P/c1-15-17(14,16-2)8-11(13)10-5-3-9(7-12)4-6-10/h3-6H,8H2,1-2H3. The first-order valence-corrected chi connectivity index (χ1v) is 6.51. The van der Waals surface area contributed by atoms with Crippen LogP contribution in [0.3, 0.4) is 0 Å². The Labute approximate surface area is 99.5 Å². The van der Waals surface area contributed by atoms with Crippen LogP contribution >= 0.6 is 7.60 Å². The van der Waals surface area contributed by atoms with Crippen molar-refractivity contribution in [2.75, 3.05) is 20.4 Å². The third kappa shape index (κ3) is 3.50. The molecule has 0 aliphatic carbocycles. The van der Waals surface area contributed by atoms with Crippen molar-refractivity contribution in [2.45, 2.75) is 0 Å². The average Bonchev–Trinajstić information content (AvgIpc) is 2.38. The van der Waals surface area contributed by atoms with Crippen LogP contribution in [0.4, 0.5) is 0 Å². The second-order valence-corrected chi connectivity index (χ2v) is 5.51. The van der Waals surface area contributed by atoms with Crippen molar-refractivity contribution < 1.29 is 18.4 Å². The Morgan fingerprint density at radius 2 is 1.82 bits per heavy atom. The van der Waals surface area contributed by atoms with Crippen LogP contribution in [-0.4, -0.2) is 26.2 Å². The Kier molecular flexibility index (Phi) is 4.59. The Morgan fingerprint density at radius 1 is 1.29 bits per heavy atom. The fourth-order valence-corrected chi connectivity index (χ4v) is 2.14. The van der Waals surface area contributed by atoms with Gasteiger partial charge in [0.05, 0.1) is 11.6 Å². The maximum absolute atomic E-state index is 11.8. The number of carbonyl (C=O) groups excluding carboxylic acids is 1. The van der Waals surface area contributed by atoms with Crippen molar-refractivity contribution in [1.29, 1.82) is 5.26 Å². The molecule has 0 heterocycles. The van der Waals surface area contributed by atoms with Crippen LogP contribution in [-0.2, 0) is 13.6 Å². The summed E-state index contributed by atoms with van der Waals surface area (Å²) in [5.74, 6) is -0.346. The summed E-state index contributed by atoms with van der Waals surface area (Å²) in [6.07, 6.45) is -0.314. The van der Waals surface area contributed by atoms with Crippen molar-refractivity contribution in [3.63, 3.8) is 0 Å². The first kappa shape index (κ1) is 13.6. The smallest absolute Gasteiger partial charge is 0.312 e. The first-order chi connectivity index (χ1) is 8.04. The zero-order chi connectivity index (χ0) is 12.9. The van der Waals surface area contributed by atoms with Crippen molar-refractivity contribution in [2.24, 2.45) is 0 Å². The van der Waals surface area contributed by atoms with Crippen LogP contribution < -0.4 is 0 Å². The Bertz CT molecular complexity index is 481. The Morgan fingerprint density at radius 3 is 2.24 bits per heavy atom. The van der Waals surface area contributed by atoms with Crippen molar-refractivity contribution >= 4 is 13.4 Å². The maximum Gasteiger partial charge on any atom is 0.337 e. The summed E-state index contributed by atoms with van der Waals surface area (Å²) in [7, 11) is -0.871. The van der Waals surface area contributed by atoms with Gasteiger partial charge in [0.1, 0.15) is 6.16 Å². The molecular formula is C11H12NO4P. The summed E-state index contributed by atoms with van der Waals surface area (Å²) in [6.45, 7) is 0. The van der Waals surface area contributed by atoms with Crippen LogP contribution in [0.5, 0.6) is 0 Å². The number of ketones is 1. The molecule has 17 heavy (non-hydrogen) atoms. The molecule has 0 atom stereocenters. The number of nitriles is 1. The van der Waals surface area contributed by atoms with Gasteiger partial charge in [-0.2, -0.15) is 5.26 Å². The third-order valence-corrected chi connectivity index (χ3v) is 4.02. The minimum atomic E-state index is -3.34. The molecule has 0 bridgehead atoms. The molecule has 6 heteroatoms. The molecule has 1 rings (SSSR count). The maximum atomic E-state index is 11.8. The van der Waals surface area contributed by atoms with Crippen LogP contribution in [0, 0.1) is 11.3 Å². The lowest BCUT2D eigenvalue weighted by atomic mass is 10.1. The molecule has 5 nitrogen and oxygen atoms in total. The number of benzene rings is 1. The topological polar surface area (TPSA) is 76.4 Å². The Balaban J connectivity index is 2.84. The van der Waals surface area contributed by atoms with Gasteiger partial charge in [-0.1, -0.05) is 12.1 Å². The second-order valence-electron chi connectivity index (χ2n) is 3.25.